The van der Waals surface area contributed by atoms with Gasteiger partial charge in [0.05, 0.1) is 12.6 Å². The van der Waals surface area contributed by atoms with Crippen LogP contribution in [0.3, 0.4) is 0 Å². The van der Waals surface area contributed by atoms with Gasteiger partial charge in [-0.1, -0.05) is 12.1 Å². The van der Waals surface area contributed by atoms with Crippen LogP contribution >= 0.6 is 0 Å². The molecule has 0 radical (unpaired) electrons. The predicted octanol–water partition coefficient (Wildman–Crippen LogP) is 2.20. The molecule has 0 atom stereocenters. The Kier molecular flexibility index (Phi) is 4.11. The Balaban J connectivity index is 1.99. The van der Waals surface area contributed by atoms with Gasteiger partial charge in [0.15, 0.2) is 5.78 Å². The first-order chi connectivity index (χ1) is 8.70. The monoisotopic (exact) mass is 242 g/mol. The molecule has 1 aliphatic carbocycles. The molecular formula is C15H18N2O. The van der Waals surface area contributed by atoms with E-state index in [1.807, 2.05) is 24.1 Å². The Morgan fingerprint density at radius 1 is 1.39 bits per heavy atom. The van der Waals surface area contributed by atoms with Crippen molar-refractivity contribution in [2.75, 3.05) is 20.1 Å². The molecule has 3 heteroatoms. The van der Waals surface area contributed by atoms with Crippen molar-refractivity contribution in [2.24, 2.45) is 0 Å². The van der Waals surface area contributed by atoms with Crippen molar-refractivity contribution in [3.8, 4) is 6.07 Å². The van der Waals surface area contributed by atoms with Crippen molar-refractivity contribution in [2.45, 2.75) is 25.7 Å². The Morgan fingerprint density at radius 3 is 2.94 bits per heavy atom. The van der Waals surface area contributed by atoms with E-state index >= 15 is 0 Å². The SMILES string of the molecule is CN(CCC#N)CC(=O)c1ccc2c(c1)CCC2. The topological polar surface area (TPSA) is 44.1 Å². The number of Topliss-reactive ketones (excluding diaryl/α,β-unsaturated/α-hetero) is 1. The Labute approximate surface area is 108 Å². The van der Waals surface area contributed by atoms with Crippen molar-refractivity contribution in [1.82, 2.24) is 4.90 Å². The first-order valence-corrected chi connectivity index (χ1v) is 6.41. The summed E-state index contributed by atoms with van der Waals surface area (Å²) in [6.07, 6.45) is 3.91. The fourth-order valence-corrected chi connectivity index (χ4v) is 2.40. The summed E-state index contributed by atoms with van der Waals surface area (Å²) < 4.78 is 0. The van der Waals surface area contributed by atoms with E-state index in [1.165, 1.54) is 17.5 Å². The van der Waals surface area contributed by atoms with E-state index in [1.54, 1.807) is 0 Å². The smallest absolute Gasteiger partial charge is 0.176 e. The van der Waals surface area contributed by atoms with Crippen LogP contribution in [0.25, 0.3) is 0 Å². The van der Waals surface area contributed by atoms with Gasteiger partial charge in [-0.2, -0.15) is 5.26 Å². The van der Waals surface area contributed by atoms with Gasteiger partial charge in [-0.25, -0.2) is 0 Å². The van der Waals surface area contributed by atoms with Gasteiger partial charge in [-0.15, -0.1) is 0 Å². The van der Waals surface area contributed by atoms with E-state index in [2.05, 4.69) is 12.1 Å². The quantitative estimate of drug-likeness (QED) is 0.743. The summed E-state index contributed by atoms with van der Waals surface area (Å²) in [5.74, 6) is 0.144. The number of hydrogen-bond donors (Lipinski definition) is 0. The number of hydrogen-bond acceptors (Lipinski definition) is 3. The molecule has 0 spiro atoms. The van der Waals surface area contributed by atoms with Crippen LogP contribution in [0.5, 0.6) is 0 Å². The molecule has 3 nitrogen and oxygen atoms in total. The van der Waals surface area contributed by atoms with Gasteiger partial charge in [0.2, 0.25) is 0 Å². The molecule has 0 N–H and O–H groups in total. The van der Waals surface area contributed by atoms with E-state index in [9.17, 15) is 4.79 Å². The number of benzene rings is 1. The summed E-state index contributed by atoms with van der Waals surface area (Å²) in [4.78, 5) is 14.0. The molecule has 0 fully saturated rings. The first kappa shape index (κ1) is 12.8. The molecule has 0 saturated carbocycles. The van der Waals surface area contributed by atoms with Crippen LogP contribution in [-0.2, 0) is 12.8 Å². The van der Waals surface area contributed by atoms with Gasteiger partial charge in [0, 0.05) is 18.5 Å². The Morgan fingerprint density at radius 2 is 2.17 bits per heavy atom. The molecule has 1 aromatic carbocycles. The average molecular weight is 242 g/mol. The molecule has 0 aromatic heterocycles. The highest BCUT2D eigenvalue weighted by molar-refractivity contribution is 5.97. The number of aryl methyl sites for hydroxylation is 2. The lowest BCUT2D eigenvalue weighted by atomic mass is 10.0. The van der Waals surface area contributed by atoms with Gasteiger partial charge in [0.25, 0.3) is 0 Å². The second-order valence-corrected chi connectivity index (χ2v) is 4.91. The van der Waals surface area contributed by atoms with Crippen LogP contribution in [0.4, 0.5) is 0 Å². The first-order valence-electron chi connectivity index (χ1n) is 6.41. The summed E-state index contributed by atoms with van der Waals surface area (Å²) in [5.41, 5.74) is 3.53. The summed E-state index contributed by atoms with van der Waals surface area (Å²) in [6, 6.07) is 8.16. The van der Waals surface area contributed by atoms with Crippen molar-refractivity contribution < 1.29 is 4.79 Å². The second-order valence-electron chi connectivity index (χ2n) is 4.91. The van der Waals surface area contributed by atoms with Crippen LogP contribution in [0, 0.1) is 11.3 Å². The maximum atomic E-state index is 12.1. The number of nitriles is 1. The van der Waals surface area contributed by atoms with Crippen LogP contribution in [-0.4, -0.2) is 30.8 Å². The zero-order chi connectivity index (χ0) is 13.0. The van der Waals surface area contributed by atoms with Gasteiger partial charge in [-0.3, -0.25) is 9.69 Å². The minimum Gasteiger partial charge on any atom is -0.298 e. The fraction of sp³-hybridized carbons (Fsp3) is 0.467. The lowest BCUT2D eigenvalue weighted by Gasteiger charge is -2.14. The summed E-state index contributed by atoms with van der Waals surface area (Å²) in [5, 5.41) is 8.51. The van der Waals surface area contributed by atoms with Crippen LogP contribution in [0.1, 0.15) is 34.3 Å². The van der Waals surface area contributed by atoms with Crippen molar-refractivity contribution in [3.05, 3.63) is 34.9 Å². The molecule has 1 aliphatic rings. The zero-order valence-electron chi connectivity index (χ0n) is 10.8. The van der Waals surface area contributed by atoms with Crippen molar-refractivity contribution in [3.63, 3.8) is 0 Å². The largest absolute Gasteiger partial charge is 0.298 e. The molecule has 18 heavy (non-hydrogen) atoms. The van der Waals surface area contributed by atoms with Gasteiger partial charge in [0.1, 0.15) is 0 Å². The molecular weight excluding hydrogens is 224 g/mol. The predicted molar refractivity (Wildman–Crippen MR) is 70.5 cm³/mol. The van der Waals surface area contributed by atoms with Crippen molar-refractivity contribution in [1.29, 1.82) is 5.26 Å². The molecule has 0 saturated heterocycles. The van der Waals surface area contributed by atoms with Crippen LogP contribution in [0.2, 0.25) is 0 Å². The lowest BCUT2D eigenvalue weighted by Crippen LogP contribution is -2.26. The zero-order valence-corrected chi connectivity index (χ0v) is 10.8. The van der Waals surface area contributed by atoms with Crippen molar-refractivity contribution >= 4 is 5.78 Å². The second kappa shape index (κ2) is 5.79. The number of ketones is 1. The normalized spacial score (nSPS) is 13.4. The molecule has 0 amide bonds. The minimum atomic E-state index is 0.144. The summed E-state index contributed by atoms with van der Waals surface area (Å²) in [7, 11) is 1.88. The van der Waals surface area contributed by atoms with Gasteiger partial charge >= 0.3 is 0 Å². The third-order valence-electron chi connectivity index (χ3n) is 3.44. The van der Waals surface area contributed by atoms with Gasteiger partial charge < -0.3 is 0 Å². The summed E-state index contributed by atoms with van der Waals surface area (Å²) in [6.45, 7) is 1.04. The number of rotatable bonds is 5. The maximum Gasteiger partial charge on any atom is 0.176 e. The standard InChI is InChI=1S/C15H18N2O/c1-17(9-3-8-16)11-15(18)14-7-6-12-4-2-5-13(12)10-14/h6-7,10H,2-5,9,11H2,1H3. The maximum absolute atomic E-state index is 12.1. The highest BCUT2D eigenvalue weighted by atomic mass is 16.1. The minimum absolute atomic E-state index is 0.144. The molecule has 0 unspecified atom stereocenters. The number of likely N-dealkylation sites (N-methyl/N-ethyl adjacent to an activating group) is 1. The van der Waals surface area contributed by atoms with E-state index in [0.29, 0.717) is 19.5 Å². The Hall–Kier alpha value is -1.66. The average Bonchev–Trinajstić information content (AvgIpc) is 2.83. The molecule has 0 heterocycles. The number of nitrogens with zero attached hydrogens (tertiary/aromatic N) is 2. The van der Waals surface area contributed by atoms with E-state index < -0.39 is 0 Å². The molecule has 0 aliphatic heterocycles. The molecule has 94 valence electrons. The third-order valence-corrected chi connectivity index (χ3v) is 3.44. The van der Waals surface area contributed by atoms with E-state index in [-0.39, 0.29) is 5.78 Å². The van der Waals surface area contributed by atoms with Crippen LogP contribution in [0.15, 0.2) is 18.2 Å². The number of carbonyl (C=O) groups is 1. The molecule has 0 bridgehead atoms. The molecule has 1 aromatic rings. The van der Waals surface area contributed by atoms with Gasteiger partial charge in [-0.05, 0) is 43.5 Å². The highest BCUT2D eigenvalue weighted by Gasteiger charge is 2.14. The lowest BCUT2D eigenvalue weighted by molar-refractivity contribution is 0.0947. The number of fused-ring (bicyclic) bond motifs is 1. The third kappa shape index (κ3) is 2.96. The van der Waals surface area contributed by atoms with E-state index in [4.69, 9.17) is 5.26 Å². The summed E-state index contributed by atoms with van der Waals surface area (Å²) >= 11 is 0. The fourth-order valence-electron chi connectivity index (χ4n) is 2.40. The number of carbonyl (C=O) groups excluding carboxylic acids is 1. The highest BCUT2D eigenvalue weighted by Crippen LogP contribution is 2.23. The Bertz CT molecular complexity index is 488. The molecule has 2 rings (SSSR count). The van der Waals surface area contributed by atoms with Crippen LogP contribution < -0.4 is 0 Å². The van der Waals surface area contributed by atoms with E-state index in [0.717, 1.165) is 18.4 Å².